The van der Waals surface area contributed by atoms with Crippen LogP contribution in [0.1, 0.15) is 32.1 Å². The van der Waals surface area contributed by atoms with Gasteiger partial charge in [0, 0.05) is 44.1 Å². The molecule has 4 N–H and O–H groups in total. The summed E-state index contributed by atoms with van der Waals surface area (Å²) < 4.78 is 10.6. The van der Waals surface area contributed by atoms with Crippen molar-refractivity contribution in [2.75, 3.05) is 39.4 Å². The van der Waals surface area contributed by atoms with Gasteiger partial charge < -0.3 is 9.47 Å². The van der Waals surface area contributed by atoms with E-state index in [2.05, 4.69) is 63.7 Å². The number of nitrogens with zero attached hydrogens (tertiary/aromatic N) is 2. The van der Waals surface area contributed by atoms with Crippen molar-refractivity contribution in [3.8, 4) is 35.8 Å². The number of nitriles is 2. The van der Waals surface area contributed by atoms with Gasteiger partial charge in [0.2, 0.25) is 0 Å². The van der Waals surface area contributed by atoms with Crippen LogP contribution in [0.25, 0.3) is 0 Å². The summed E-state index contributed by atoms with van der Waals surface area (Å²) in [4.78, 5) is 24.2. The maximum Gasteiger partial charge on any atom is 0.330 e. The topological polar surface area (TPSA) is 148 Å². The van der Waals surface area contributed by atoms with Gasteiger partial charge in [-0.05, 0) is 32.1 Å². The van der Waals surface area contributed by atoms with Crippen molar-refractivity contribution < 1.29 is 19.1 Å². The zero-order valence-corrected chi connectivity index (χ0v) is 21.6. The highest BCUT2D eigenvalue weighted by Gasteiger charge is 2.35. The molecule has 10 heteroatoms. The molecule has 2 saturated heterocycles. The van der Waals surface area contributed by atoms with Crippen LogP contribution in [0.15, 0.2) is 12.7 Å². The molecular formula is C28H36N6O4. The number of hydrogen-bond donors (Lipinski definition) is 4. The molecule has 10 nitrogen and oxygen atoms in total. The van der Waals surface area contributed by atoms with Crippen molar-refractivity contribution >= 4 is 11.9 Å². The summed E-state index contributed by atoms with van der Waals surface area (Å²) in [5.41, 5.74) is 0. The van der Waals surface area contributed by atoms with E-state index in [0.717, 1.165) is 18.9 Å². The smallest absolute Gasteiger partial charge is 0.330 e. The van der Waals surface area contributed by atoms with Crippen molar-refractivity contribution in [3.05, 3.63) is 12.7 Å². The number of piperazine rings is 2. The number of ether oxygens (including phenoxy) is 2. The largest absolute Gasteiger partial charge is 0.465 e. The van der Waals surface area contributed by atoms with Crippen molar-refractivity contribution in [1.29, 1.82) is 10.5 Å². The van der Waals surface area contributed by atoms with E-state index in [0.29, 0.717) is 45.4 Å². The summed E-state index contributed by atoms with van der Waals surface area (Å²) in [6, 6.07) is 3.87. The van der Waals surface area contributed by atoms with Crippen LogP contribution in [0, 0.1) is 64.1 Å². The van der Waals surface area contributed by atoms with Crippen molar-refractivity contribution in [3.63, 3.8) is 0 Å². The first-order valence-electron chi connectivity index (χ1n) is 13.2. The molecule has 3 rings (SSSR count). The third-order valence-corrected chi connectivity index (χ3v) is 6.84. The van der Waals surface area contributed by atoms with E-state index in [1.165, 1.54) is 0 Å². The van der Waals surface area contributed by atoms with Crippen LogP contribution < -0.4 is 21.3 Å². The van der Waals surface area contributed by atoms with Gasteiger partial charge >= 0.3 is 11.9 Å². The average Bonchev–Trinajstić information content (AvgIpc) is 2.97. The minimum atomic E-state index is -0.465. The second-order valence-corrected chi connectivity index (χ2v) is 9.65. The van der Waals surface area contributed by atoms with Crippen molar-refractivity contribution in [1.82, 2.24) is 21.3 Å². The average molecular weight is 521 g/mol. The molecule has 7 unspecified atom stereocenters. The van der Waals surface area contributed by atoms with Crippen LogP contribution in [-0.2, 0) is 19.1 Å². The molecule has 0 spiro atoms. The number of rotatable bonds is 7. The minimum Gasteiger partial charge on any atom is -0.465 e. The van der Waals surface area contributed by atoms with Gasteiger partial charge in [-0.2, -0.15) is 10.5 Å². The van der Waals surface area contributed by atoms with Gasteiger partial charge in [0.25, 0.3) is 0 Å². The van der Waals surface area contributed by atoms with Gasteiger partial charge in [0.1, 0.15) is 12.1 Å². The minimum absolute atomic E-state index is 0.0279. The molecule has 38 heavy (non-hydrogen) atoms. The first kappa shape index (κ1) is 29.2. The number of unbranched alkanes of at least 4 members (excludes halogenated alkanes) is 1. The molecule has 0 aromatic carbocycles. The lowest BCUT2D eigenvalue weighted by Gasteiger charge is -2.30. The Kier molecular flexibility index (Phi) is 12.1. The molecule has 0 aromatic rings. The zero-order chi connectivity index (χ0) is 27.2. The first-order valence-corrected chi connectivity index (χ1v) is 13.2. The predicted molar refractivity (Wildman–Crippen MR) is 140 cm³/mol. The van der Waals surface area contributed by atoms with Crippen LogP contribution in [0.2, 0.25) is 0 Å². The molecule has 3 aliphatic rings. The fourth-order valence-corrected chi connectivity index (χ4v) is 4.59. The predicted octanol–water partition coefficient (Wildman–Crippen LogP) is -0.0145. The Balaban J connectivity index is 1.56. The second kappa shape index (κ2) is 15.8. The summed E-state index contributed by atoms with van der Waals surface area (Å²) >= 11 is 0. The molecule has 1 aliphatic carbocycles. The molecule has 0 amide bonds. The van der Waals surface area contributed by atoms with Crippen LogP contribution in [0.3, 0.4) is 0 Å². The van der Waals surface area contributed by atoms with Gasteiger partial charge in [-0.1, -0.05) is 30.3 Å². The Morgan fingerprint density at radius 3 is 1.89 bits per heavy atom. The van der Waals surface area contributed by atoms with Gasteiger partial charge in [-0.25, -0.2) is 4.79 Å². The normalized spacial score (nSPS) is 30.5. The van der Waals surface area contributed by atoms with Gasteiger partial charge in [-0.15, -0.1) is 0 Å². The third-order valence-electron chi connectivity index (χ3n) is 6.84. The molecule has 1 saturated carbocycles. The maximum absolute atomic E-state index is 13.1. The van der Waals surface area contributed by atoms with Gasteiger partial charge in [-0.3, -0.25) is 26.1 Å². The molecule has 0 radical (unpaired) electrons. The van der Waals surface area contributed by atoms with E-state index in [-0.39, 0.29) is 61.1 Å². The standard InChI is InChI=1S/C28H36N6O4/c1-2-27(35)37-11-3-4-12-38-28(36)26-13-20(6-9-22-16-33-24(14-29)18-31-22)5-7-21(26)8-10-23-17-34-25(15-30)19-32-23/h2,20-26,31-34H,1,3-5,7,11-13,16-19H2. The van der Waals surface area contributed by atoms with Gasteiger partial charge in [0.05, 0.1) is 43.4 Å². The van der Waals surface area contributed by atoms with E-state index >= 15 is 0 Å². The summed E-state index contributed by atoms with van der Waals surface area (Å²) in [5, 5.41) is 30.9. The molecule has 0 bridgehead atoms. The Morgan fingerprint density at radius 1 is 0.789 bits per heavy atom. The molecule has 7 atom stereocenters. The number of carbonyl (C=O) groups excluding carboxylic acids is 2. The lowest BCUT2D eigenvalue weighted by atomic mass is 9.74. The Morgan fingerprint density at radius 2 is 1.34 bits per heavy atom. The summed E-state index contributed by atoms with van der Waals surface area (Å²) in [5.74, 6) is 12.0. The van der Waals surface area contributed by atoms with Crippen LogP contribution >= 0.6 is 0 Å². The van der Waals surface area contributed by atoms with Crippen molar-refractivity contribution in [2.24, 2.45) is 17.8 Å². The number of carbonyl (C=O) groups is 2. The molecule has 2 aliphatic heterocycles. The van der Waals surface area contributed by atoms with Crippen LogP contribution in [0.4, 0.5) is 0 Å². The van der Waals surface area contributed by atoms with Crippen LogP contribution in [-0.4, -0.2) is 75.5 Å². The highest BCUT2D eigenvalue weighted by atomic mass is 16.5. The molecule has 3 fully saturated rings. The lowest BCUT2D eigenvalue weighted by molar-refractivity contribution is -0.151. The Hall–Kier alpha value is -3.38. The monoisotopic (exact) mass is 520 g/mol. The molecule has 2 heterocycles. The van der Waals surface area contributed by atoms with Gasteiger partial charge in [0.15, 0.2) is 0 Å². The van der Waals surface area contributed by atoms with E-state index in [1.807, 2.05) is 0 Å². The third kappa shape index (κ3) is 9.49. The van der Waals surface area contributed by atoms with Crippen molar-refractivity contribution in [2.45, 2.75) is 56.3 Å². The van der Waals surface area contributed by atoms with E-state index in [9.17, 15) is 9.59 Å². The maximum atomic E-state index is 13.1. The number of esters is 2. The van der Waals surface area contributed by atoms with E-state index in [1.54, 1.807) is 0 Å². The number of hydrogen-bond acceptors (Lipinski definition) is 10. The summed E-state index contributed by atoms with van der Waals surface area (Å²) in [6.07, 6.45) is 4.47. The van der Waals surface area contributed by atoms with E-state index in [4.69, 9.17) is 20.0 Å². The first-order chi connectivity index (χ1) is 18.5. The highest BCUT2D eigenvalue weighted by Crippen LogP contribution is 2.34. The summed E-state index contributed by atoms with van der Waals surface area (Å²) in [6.45, 7) is 6.13. The molecule has 202 valence electrons. The zero-order valence-electron chi connectivity index (χ0n) is 21.6. The molecule has 0 aromatic heterocycles. The fourth-order valence-electron chi connectivity index (χ4n) is 4.59. The second-order valence-electron chi connectivity index (χ2n) is 9.65. The number of nitrogens with one attached hydrogen (secondary N) is 4. The van der Waals surface area contributed by atoms with Crippen LogP contribution in [0.5, 0.6) is 0 Å². The summed E-state index contributed by atoms with van der Waals surface area (Å²) in [7, 11) is 0. The Bertz CT molecular complexity index is 1030. The molecular weight excluding hydrogens is 484 g/mol. The Labute approximate surface area is 224 Å². The quantitative estimate of drug-likeness (QED) is 0.156. The lowest BCUT2D eigenvalue weighted by Crippen LogP contribution is -2.53. The fraction of sp³-hybridized carbons (Fsp3) is 0.643. The van der Waals surface area contributed by atoms with E-state index < -0.39 is 5.97 Å². The SMILES string of the molecule is C=CC(=O)OCCCCOC(=O)C1CC(C#CC2CNC(C#N)CN2)CCC1C#CC1CNC(C#N)CN1. The highest BCUT2D eigenvalue weighted by molar-refractivity contribution is 5.81.